The predicted octanol–water partition coefficient (Wildman–Crippen LogP) is 1.83. The highest BCUT2D eigenvalue weighted by molar-refractivity contribution is 5.79. The Kier molecular flexibility index (Phi) is 7.81. The van der Waals surface area contributed by atoms with Crippen molar-refractivity contribution in [3.05, 3.63) is 0 Å². The number of nitrogens with zero attached hydrogens (tertiary/aromatic N) is 2. The predicted molar refractivity (Wildman–Crippen MR) is 79.2 cm³/mol. The number of piperidine rings is 1. The molecule has 4 heteroatoms. The van der Waals surface area contributed by atoms with Crippen molar-refractivity contribution < 1.29 is 0 Å². The zero-order chi connectivity index (χ0) is 13.2. The van der Waals surface area contributed by atoms with Crippen LogP contribution in [0.2, 0.25) is 0 Å². The molecule has 0 aromatic rings. The van der Waals surface area contributed by atoms with Crippen molar-refractivity contribution in [1.29, 1.82) is 0 Å². The van der Waals surface area contributed by atoms with Crippen molar-refractivity contribution in [3.63, 3.8) is 0 Å². The van der Waals surface area contributed by atoms with Crippen molar-refractivity contribution in [2.75, 3.05) is 33.2 Å². The van der Waals surface area contributed by atoms with Gasteiger partial charge in [-0.3, -0.25) is 9.89 Å². The monoisotopic (exact) mass is 254 g/mol. The average molecular weight is 254 g/mol. The summed E-state index contributed by atoms with van der Waals surface area (Å²) in [4.78, 5) is 6.82. The molecular formula is C14H30N4. The van der Waals surface area contributed by atoms with Crippen LogP contribution in [-0.2, 0) is 0 Å². The van der Waals surface area contributed by atoms with Gasteiger partial charge in [0.05, 0.1) is 0 Å². The van der Waals surface area contributed by atoms with Gasteiger partial charge in [-0.1, -0.05) is 19.8 Å². The van der Waals surface area contributed by atoms with Crippen molar-refractivity contribution >= 4 is 5.96 Å². The number of likely N-dealkylation sites (tertiary alicyclic amines) is 1. The molecule has 0 amide bonds. The molecule has 106 valence electrons. The summed E-state index contributed by atoms with van der Waals surface area (Å²) in [5.74, 6) is 0.938. The van der Waals surface area contributed by atoms with E-state index in [0.717, 1.165) is 31.6 Å². The first-order valence-electron chi connectivity index (χ1n) is 7.46. The van der Waals surface area contributed by atoms with E-state index in [1.54, 1.807) is 0 Å². The van der Waals surface area contributed by atoms with E-state index in [4.69, 9.17) is 0 Å². The van der Waals surface area contributed by atoms with E-state index in [2.05, 4.69) is 34.4 Å². The van der Waals surface area contributed by atoms with Crippen molar-refractivity contribution in [1.82, 2.24) is 15.5 Å². The molecule has 2 N–H and O–H groups in total. The average Bonchev–Trinajstić information content (AvgIpc) is 2.39. The highest BCUT2D eigenvalue weighted by Gasteiger charge is 2.17. The van der Waals surface area contributed by atoms with Gasteiger partial charge in [-0.05, 0) is 32.7 Å². The van der Waals surface area contributed by atoms with Crippen LogP contribution in [0, 0.1) is 0 Å². The second-order valence-electron chi connectivity index (χ2n) is 5.16. The summed E-state index contributed by atoms with van der Waals surface area (Å²) >= 11 is 0. The normalized spacial score (nSPS) is 21.9. The van der Waals surface area contributed by atoms with Gasteiger partial charge in [-0.2, -0.15) is 0 Å². The Labute approximate surface area is 112 Å². The molecule has 1 heterocycles. The third kappa shape index (κ3) is 5.71. The number of hydrogen-bond acceptors (Lipinski definition) is 2. The standard InChI is InChI=1S/C14H30N4/c1-4-5-9-16-14(15-3)17-10-12-18-11-7-6-8-13(18)2/h13H,4-12H2,1-3H3,(H2,15,16,17). The summed E-state index contributed by atoms with van der Waals surface area (Å²) in [5.41, 5.74) is 0. The summed E-state index contributed by atoms with van der Waals surface area (Å²) < 4.78 is 0. The third-order valence-electron chi connectivity index (χ3n) is 3.68. The Hall–Kier alpha value is -0.770. The zero-order valence-corrected chi connectivity index (χ0v) is 12.3. The number of aliphatic imine (C=N–C) groups is 1. The largest absolute Gasteiger partial charge is 0.356 e. The maximum atomic E-state index is 4.24. The topological polar surface area (TPSA) is 39.7 Å². The molecule has 1 aliphatic rings. The maximum absolute atomic E-state index is 4.24. The summed E-state index contributed by atoms with van der Waals surface area (Å²) in [6, 6.07) is 0.746. The van der Waals surface area contributed by atoms with Crippen LogP contribution in [0.5, 0.6) is 0 Å². The Morgan fingerprint density at radius 3 is 2.72 bits per heavy atom. The fraction of sp³-hybridized carbons (Fsp3) is 0.929. The minimum atomic E-state index is 0.746. The highest BCUT2D eigenvalue weighted by Crippen LogP contribution is 2.15. The molecule has 1 saturated heterocycles. The lowest BCUT2D eigenvalue weighted by Crippen LogP contribution is -2.45. The van der Waals surface area contributed by atoms with Gasteiger partial charge in [0.15, 0.2) is 5.96 Å². The van der Waals surface area contributed by atoms with Gasteiger partial charge in [-0.25, -0.2) is 0 Å². The minimum absolute atomic E-state index is 0.746. The number of nitrogens with one attached hydrogen (secondary N) is 2. The number of hydrogen-bond donors (Lipinski definition) is 2. The molecular weight excluding hydrogens is 224 g/mol. The third-order valence-corrected chi connectivity index (χ3v) is 3.68. The lowest BCUT2D eigenvalue weighted by molar-refractivity contribution is 0.163. The first kappa shape index (κ1) is 15.3. The van der Waals surface area contributed by atoms with Gasteiger partial charge < -0.3 is 10.6 Å². The highest BCUT2D eigenvalue weighted by atomic mass is 15.2. The van der Waals surface area contributed by atoms with E-state index in [9.17, 15) is 0 Å². The second-order valence-corrected chi connectivity index (χ2v) is 5.16. The van der Waals surface area contributed by atoms with Crippen LogP contribution in [0.3, 0.4) is 0 Å². The lowest BCUT2D eigenvalue weighted by atomic mass is 10.0. The first-order valence-corrected chi connectivity index (χ1v) is 7.46. The summed E-state index contributed by atoms with van der Waals surface area (Å²) in [7, 11) is 1.84. The molecule has 0 aromatic heterocycles. The van der Waals surface area contributed by atoms with Crippen molar-refractivity contribution in [2.45, 2.75) is 52.0 Å². The SMILES string of the molecule is CCCCNC(=NC)NCCN1CCCCC1C. The smallest absolute Gasteiger partial charge is 0.191 e. The van der Waals surface area contributed by atoms with Crippen LogP contribution >= 0.6 is 0 Å². The molecule has 0 aromatic carbocycles. The Balaban J connectivity index is 2.14. The zero-order valence-electron chi connectivity index (χ0n) is 12.3. The molecule has 0 aliphatic carbocycles. The minimum Gasteiger partial charge on any atom is -0.356 e. The van der Waals surface area contributed by atoms with E-state index in [-0.39, 0.29) is 0 Å². The van der Waals surface area contributed by atoms with E-state index in [1.165, 1.54) is 38.6 Å². The van der Waals surface area contributed by atoms with E-state index in [0.29, 0.717) is 0 Å². The second kappa shape index (κ2) is 9.20. The van der Waals surface area contributed by atoms with Gasteiger partial charge in [0.1, 0.15) is 0 Å². The van der Waals surface area contributed by atoms with Crippen LogP contribution in [0.4, 0.5) is 0 Å². The number of guanidine groups is 1. The summed E-state index contributed by atoms with van der Waals surface area (Å²) in [5, 5.41) is 6.73. The molecule has 1 unspecified atom stereocenters. The quantitative estimate of drug-likeness (QED) is 0.431. The van der Waals surface area contributed by atoms with Crippen molar-refractivity contribution in [3.8, 4) is 0 Å². The Morgan fingerprint density at radius 2 is 2.06 bits per heavy atom. The van der Waals surface area contributed by atoms with Gasteiger partial charge in [0.2, 0.25) is 0 Å². The van der Waals surface area contributed by atoms with Crippen LogP contribution in [0.15, 0.2) is 4.99 Å². The van der Waals surface area contributed by atoms with Gasteiger partial charge in [0, 0.05) is 32.7 Å². The van der Waals surface area contributed by atoms with Crippen LogP contribution in [-0.4, -0.2) is 50.1 Å². The molecule has 1 fully saturated rings. The number of rotatable bonds is 6. The van der Waals surface area contributed by atoms with Crippen LogP contribution in [0.25, 0.3) is 0 Å². The van der Waals surface area contributed by atoms with Crippen LogP contribution < -0.4 is 10.6 Å². The first-order chi connectivity index (χ1) is 8.77. The van der Waals surface area contributed by atoms with E-state index in [1.807, 2.05) is 7.05 Å². The van der Waals surface area contributed by atoms with E-state index < -0.39 is 0 Å². The summed E-state index contributed by atoms with van der Waals surface area (Å²) in [6.07, 6.45) is 6.52. The molecule has 0 bridgehead atoms. The van der Waals surface area contributed by atoms with Gasteiger partial charge >= 0.3 is 0 Å². The fourth-order valence-corrected chi connectivity index (χ4v) is 2.41. The lowest BCUT2D eigenvalue weighted by Gasteiger charge is -2.33. The molecule has 0 spiro atoms. The molecule has 1 aliphatic heterocycles. The van der Waals surface area contributed by atoms with Gasteiger partial charge in [0.25, 0.3) is 0 Å². The Morgan fingerprint density at radius 1 is 1.28 bits per heavy atom. The van der Waals surface area contributed by atoms with E-state index >= 15 is 0 Å². The Bertz CT molecular complexity index is 240. The molecule has 0 radical (unpaired) electrons. The molecule has 0 saturated carbocycles. The van der Waals surface area contributed by atoms with Crippen molar-refractivity contribution in [2.24, 2.45) is 4.99 Å². The maximum Gasteiger partial charge on any atom is 0.191 e. The molecule has 1 rings (SSSR count). The molecule has 4 nitrogen and oxygen atoms in total. The number of unbranched alkanes of at least 4 members (excludes halogenated alkanes) is 1. The summed E-state index contributed by atoms with van der Waals surface area (Å²) in [6.45, 7) is 8.91. The molecule has 1 atom stereocenters. The van der Waals surface area contributed by atoms with Gasteiger partial charge in [-0.15, -0.1) is 0 Å². The molecule has 18 heavy (non-hydrogen) atoms. The van der Waals surface area contributed by atoms with Crippen LogP contribution in [0.1, 0.15) is 46.0 Å². The fourth-order valence-electron chi connectivity index (χ4n) is 2.41.